The number of hydrogen-bond donors (Lipinski definition) is 1. The smallest absolute Gasteiger partial charge is 0.266 e. The Balaban J connectivity index is 0.00000370. The number of carbonyl (C=O) groups is 1. The molecule has 3 aromatic carbocycles. The fourth-order valence-corrected chi connectivity index (χ4v) is 6.94. The largest absolute Gasteiger partial charge is 0.497 e. The standard InChI is InChI=1S/C32H35ClN2O3S.ClH/c1-4-38-28-18-11-22(21-9-16-26(37-3)17-10-21)19-23(28)20-35(25-14-12-24(34-2)13-15-25)32(36)31-30(33)27-7-5-6-8-29(27)39-31;/h5-11,16-19,24-25,34H,4,12-15,20H2,1-3H3;1H. The van der Waals surface area contributed by atoms with Gasteiger partial charge in [0.25, 0.3) is 5.91 Å². The molecule has 1 aliphatic carbocycles. The van der Waals surface area contributed by atoms with Crippen LogP contribution in [0.2, 0.25) is 5.02 Å². The SMILES string of the molecule is CCOc1ccc(-c2ccc(OC)cc2)cc1CN(C(=O)c1sc2ccccc2c1Cl)C1CCC(NC)CC1.Cl. The van der Waals surface area contributed by atoms with Crippen LogP contribution in [-0.2, 0) is 6.54 Å². The van der Waals surface area contributed by atoms with Crippen LogP contribution in [0.25, 0.3) is 21.2 Å². The summed E-state index contributed by atoms with van der Waals surface area (Å²) in [6.07, 6.45) is 3.97. The zero-order valence-electron chi connectivity index (χ0n) is 23.1. The highest BCUT2D eigenvalue weighted by molar-refractivity contribution is 7.21. The molecule has 1 aliphatic rings. The Morgan fingerprint density at radius 3 is 2.38 bits per heavy atom. The lowest BCUT2D eigenvalue weighted by molar-refractivity contribution is 0.0604. The molecule has 0 saturated heterocycles. The van der Waals surface area contributed by atoms with E-state index in [4.69, 9.17) is 21.1 Å². The highest BCUT2D eigenvalue weighted by Gasteiger charge is 2.32. The Bertz CT molecular complexity index is 1430. The van der Waals surface area contributed by atoms with Crippen molar-refractivity contribution in [2.45, 2.75) is 51.2 Å². The molecule has 1 saturated carbocycles. The van der Waals surface area contributed by atoms with E-state index in [9.17, 15) is 4.79 Å². The van der Waals surface area contributed by atoms with Gasteiger partial charge in [-0.15, -0.1) is 23.7 Å². The Hall–Kier alpha value is -2.77. The average molecular weight is 600 g/mol. The summed E-state index contributed by atoms with van der Waals surface area (Å²) in [5.41, 5.74) is 3.15. The van der Waals surface area contributed by atoms with Gasteiger partial charge in [-0.1, -0.05) is 48.0 Å². The summed E-state index contributed by atoms with van der Waals surface area (Å²) >= 11 is 8.29. The summed E-state index contributed by atoms with van der Waals surface area (Å²) in [6.45, 7) is 3.00. The predicted octanol–water partition coefficient (Wildman–Crippen LogP) is 8.22. The first-order valence-electron chi connectivity index (χ1n) is 13.6. The normalized spacial score (nSPS) is 16.8. The van der Waals surface area contributed by atoms with Crippen LogP contribution in [0.3, 0.4) is 0 Å². The highest BCUT2D eigenvalue weighted by Crippen LogP contribution is 2.38. The number of amides is 1. The van der Waals surface area contributed by atoms with E-state index < -0.39 is 0 Å². The molecule has 1 heterocycles. The van der Waals surface area contributed by atoms with E-state index >= 15 is 0 Å². The van der Waals surface area contributed by atoms with Crippen LogP contribution in [-0.4, -0.2) is 43.7 Å². The molecule has 0 spiro atoms. The lowest BCUT2D eigenvalue weighted by Gasteiger charge is -2.37. The minimum absolute atomic E-state index is 0. The van der Waals surface area contributed by atoms with Gasteiger partial charge in [0.1, 0.15) is 16.4 Å². The van der Waals surface area contributed by atoms with Gasteiger partial charge < -0.3 is 19.7 Å². The van der Waals surface area contributed by atoms with E-state index in [1.807, 2.05) is 61.3 Å². The molecule has 4 aromatic rings. The monoisotopic (exact) mass is 598 g/mol. The minimum Gasteiger partial charge on any atom is -0.497 e. The number of nitrogens with zero attached hydrogens (tertiary/aromatic N) is 1. The lowest BCUT2D eigenvalue weighted by Crippen LogP contribution is -2.44. The number of methoxy groups -OCH3 is 1. The summed E-state index contributed by atoms with van der Waals surface area (Å²) in [4.78, 5) is 16.9. The van der Waals surface area contributed by atoms with Crippen molar-refractivity contribution in [3.8, 4) is 22.6 Å². The molecule has 0 bridgehead atoms. The molecule has 1 amide bonds. The van der Waals surface area contributed by atoms with Crippen molar-refractivity contribution in [3.63, 3.8) is 0 Å². The summed E-state index contributed by atoms with van der Waals surface area (Å²) in [7, 11) is 3.69. The van der Waals surface area contributed by atoms with Gasteiger partial charge in [0.05, 0.1) is 18.7 Å². The zero-order valence-corrected chi connectivity index (χ0v) is 25.5. The Labute approximate surface area is 251 Å². The van der Waals surface area contributed by atoms with Crippen LogP contribution in [0.5, 0.6) is 11.5 Å². The van der Waals surface area contributed by atoms with E-state index in [-0.39, 0.29) is 24.4 Å². The first-order valence-corrected chi connectivity index (χ1v) is 14.8. The van der Waals surface area contributed by atoms with Gasteiger partial charge in [0, 0.05) is 34.3 Å². The number of thiophene rings is 1. The predicted molar refractivity (Wildman–Crippen MR) is 169 cm³/mol. The quantitative estimate of drug-likeness (QED) is 0.211. The van der Waals surface area contributed by atoms with Crippen LogP contribution in [0.1, 0.15) is 47.8 Å². The van der Waals surface area contributed by atoms with Gasteiger partial charge >= 0.3 is 0 Å². The van der Waals surface area contributed by atoms with E-state index in [1.165, 1.54) is 11.3 Å². The minimum atomic E-state index is -0.00796. The average Bonchev–Trinajstić information content (AvgIpc) is 3.33. The van der Waals surface area contributed by atoms with Crippen molar-refractivity contribution in [3.05, 3.63) is 82.2 Å². The van der Waals surface area contributed by atoms with Crippen molar-refractivity contribution in [2.75, 3.05) is 20.8 Å². The number of nitrogens with one attached hydrogen (secondary N) is 1. The molecule has 0 atom stereocenters. The topological polar surface area (TPSA) is 50.8 Å². The van der Waals surface area contributed by atoms with Crippen molar-refractivity contribution >= 4 is 51.3 Å². The van der Waals surface area contributed by atoms with Crippen molar-refractivity contribution in [1.82, 2.24) is 10.2 Å². The lowest BCUT2D eigenvalue weighted by atomic mass is 9.89. The molecular formula is C32H36Cl2N2O3S. The molecule has 0 radical (unpaired) electrons. The third-order valence-corrected chi connectivity index (χ3v) is 9.32. The molecule has 1 N–H and O–H groups in total. The van der Waals surface area contributed by atoms with Crippen molar-refractivity contribution < 1.29 is 14.3 Å². The number of ether oxygens (including phenoxy) is 2. The van der Waals surface area contributed by atoms with Gasteiger partial charge in [-0.25, -0.2) is 0 Å². The van der Waals surface area contributed by atoms with E-state index in [0.29, 0.717) is 29.1 Å². The first-order chi connectivity index (χ1) is 19.0. The summed E-state index contributed by atoms with van der Waals surface area (Å²) in [5, 5.41) is 4.89. The number of carbonyl (C=O) groups excluding carboxylic acids is 1. The fourth-order valence-electron chi connectivity index (χ4n) is 5.47. The third kappa shape index (κ3) is 6.41. The Morgan fingerprint density at radius 1 is 1.02 bits per heavy atom. The van der Waals surface area contributed by atoms with Gasteiger partial charge in [-0.2, -0.15) is 0 Å². The zero-order chi connectivity index (χ0) is 27.4. The number of halogens is 2. The van der Waals surface area contributed by atoms with Gasteiger partial charge in [0.15, 0.2) is 0 Å². The molecule has 212 valence electrons. The highest BCUT2D eigenvalue weighted by atomic mass is 35.5. The van der Waals surface area contributed by atoms with Gasteiger partial charge in [-0.3, -0.25) is 4.79 Å². The summed E-state index contributed by atoms with van der Waals surface area (Å²) in [5.74, 6) is 1.62. The molecule has 0 aliphatic heterocycles. The summed E-state index contributed by atoms with van der Waals surface area (Å²) < 4.78 is 12.4. The Kier molecular flexibility index (Phi) is 10.4. The van der Waals surface area contributed by atoms with Crippen molar-refractivity contribution in [1.29, 1.82) is 0 Å². The molecule has 8 heteroatoms. The van der Waals surface area contributed by atoms with Crippen LogP contribution >= 0.6 is 35.3 Å². The molecular weight excluding hydrogens is 563 g/mol. The molecule has 0 unspecified atom stereocenters. The third-order valence-electron chi connectivity index (χ3n) is 7.66. The van der Waals surface area contributed by atoms with Gasteiger partial charge in [0.2, 0.25) is 0 Å². The molecule has 1 aromatic heterocycles. The molecule has 5 rings (SSSR count). The fraction of sp³-hybridized carbons (Fsp3) is 0.344. The maximum atomic E-state index is 14.3. The van der Waals surface area contributed by atoms with E-state index in [0.717, 1.165) is 64.0 Å². The van der Waals surface area contributed by atoms with Gasteiger partial charge in [-0.05, 0) is 81.1 Å². The first kappa shape index (κ1) is 30.2. The Morgan fingerprint density at radius 2 is 1.73 bits per heavy atom. The summed E-state index contributed by atoms with van der Waals surface area (Å²) in [6, 6.07) is 22.9. The molecule has 1 fully saturated rings. The maximum Gasteiger partial charge on any atom is 0.266 e. The number of rotatable bonds is 9. The van der Waals surface area contributed by atoms with Crippen LogP contribution in [0.15, 0.2) is 66.7 Å². The second-order valence-electron chi connectivity index (χ2n) is 9.95. The van der Waals surface area contributed by atoms with Crippen LogP contribution in [0, 0.1) is 0 Å². The number of fused-ring (bicyclic) bond motifs is 1. The number of benzene rings is 3. The van der Waals surface area contributed by atoms with Crippen molar-refractivity contribution in [2.24, 2.45) is 0 Å². The second-order valence-corrected chi connectivity index (χ2v) is 11.4. The van der Waals surface area contributed by atoms with E-state index in [1.54, 1.807) is 7.11 Å². The number of hydrogen-bond acceptors (Lipinski definition) is 5. The molecule has 40 heavy (non-hydrogen) atoms. The second kappa shape index (κ2) is 13.7. The maximum absolute atomic E-state index is 14.3. The van der Waals surface area contributed by atoms with Crippen LogP contribution in [0.4, 0.5) is 0 Å². The molecule has 5 nitrogen and oxygen atoms in total. The van der Waals surface area contributed by atoms with E-state index in [2.05, 4.69) is 29.6 Å². The van der Waals surface area contributed by atoms with Crippen LogP contribution < -0.4 is 14.8 Å².